The normalized spacial score (nSPS) is 34.6. The molecular weight excluding hydrogens is 863 g/mol. The topological polar surface area (TPSA) is 229 Å². The molecular formula is C48H73N9O10. The Kier molecular flexibility index (Phi) is 17.3. The van der Waals surface area contributed by atoms with Crippen molar-refractivity contribution in [2.24, 2.45) is 29.4 Å². The van der Waals surface area contributed by atoms with Gasteiger partial charge in [-0.2, -0.15) is 0 Å². The number of methoxy groups -OCH3 is 1. The highest BCUT2D eigenvalue weighted by Crippen LogP contribution is 2.47. The predicted molar refractivity (Wildman–Crippen MR) is 246 cm³/mol. The highest BCUT2D eigenvalue weighted by Gasteiger charge is 2.63. The molecule has 3 fully saturated rings. The Morgan fingerprint density at radius 3 is 2.54 bits per heavy atom. The maximum atomic E-state index is 15.2. The van der Waals surface area contributed by atoms with Crippen LogP contribution in [0.3, 0.4) is 0 Å². The number of likely N-dealkylation sites (tertiary alicyclic amines) is 1. The molecule has 0 spiro atoms. The first kappa shape index (κ1) is 51.9. The number of Topliss-reactive ketones (excluding diaryl/α,β-unsaturated/α-hetero) is 2. The largest absolute Gasteiger partial charge is 0.458 e. The molecule has 0 saturated carbocycles. The molecule has 0 amide bonds. The molecule has 3 saturated heterocycles. The summed E-state index contributed by atoms with van der Waals surface area (Å²) in [5.74, 6) is -4.94. The zero-order valence-electron chi connectivity index (χ0n) is 40.9. The number of aromatic nitrogens is 6. The Labute approximate surface area is 394 Å². The highest BCUT2D eigenvalue weighted by molar-refractivity contribution is 6.00. The van der Waals surface area contributed by atoms with Gasteiger partial charge < -0.3 is 44.0 Å². The van der Waals surface area contributed by atoms with Crippen LogP contribution in [-0.2, 0) is 62.4 Å². The lowest BCUT2D eigenvalue weighted by molar-refractivity contribution is -0.296. The second-order valence-corrected chi connectivity index (χ2v) is 19.4. The number of aliphatic hydroxyl groups is 1. The van der Waals surface area contributed by atoms with Gasteiger partial charge in [0.2, 0.25) is 0 Å². The van der Waals surface area contributed by atoms with Gasteiger partial charge in [-0.1, -0.05) is 26.0 Å². The summed E-state index contributed by atoms with van der Waals surface area (Å²) in [6.45, 7) is 14.8. The van der Waals surface area contributed by atoms with Crippen LogP contribution >= 0.6 is 0 Å². The number of rotatable bonds is 17. The van der Waals surface area contributed by atoms with Crippen molar-refractivity contribution in [1.29, 1.82) is 0 Å². The molecule has 1 unspecified atom stereocenters. The van der Waals surface area contributed by atoms with E-state index >= 15 is 4.79 Å². The van der Waals surface area contributed by atoms with Crippen LogP contribution in [0, 0.1) is 23.7 Å². The molecule has 0 aromatic carbocycles. The van der Waals surface area contributed by atoms with E-state index in [9.17, 15) is 19.5 Å². The number of esters is 1. The Balaban J connectivity index is 1.28. The van der Waals surface area contributed by atoms with E-state index in [1.54, 1.807) is 44.2 Å². The number of ketones is 2. The summed E-state index contributed by atoms with van der Waals surface area (Å²) in [6, 6.07) is 2.50. The molecule has 6 rings (SSSR count). The van der Waals surface area contributed by atoms with Gasteiger partial charge in [0.1, 0.15) is 23.9 Å². The summed E-state index contributed by atoms with van der Waals surface area (Å²) in [5.41, 5.74) is 5.43. The van der Waals surface area contributed by atoms with Gasteiger partial charge in [-0.05, 0) is 86.0 Å². The lowest BCUT2D eigenvalue weighted by Gasteiger charge is -2.60. The molecule has 6 heterocycles. The van der Waals surface area contributed by atoms with E-state index in [4.69, 9.17) is 29.4 Å². The zero-order valence-corrected chi connectivity index (χ0v) is 40.9. The summed E-state index contributed by atoms with van der Waals surface area (Å²) < 4.78 is 35.3. The number of cyclic esters (lactones) is 1. The first-order valence-corrected chi connectivity index (χ1v) is 23.8. The molecule has 3 N–H and O–H groups in total. The molecule has 3 aliphatic rings. The molecule has 19 nitrogen and oxygen atoms in total. The third-order valence-corrected chi connectivity index (χ3v) is 14.8. The molecule has 19 heteroatoms. The Bertz CT molecular complexity index is 2120. The Morgan fingerprint density at radius 1 is 1.10 bits per heavy atom. The minimum Gasteiger partial charge on any atom is -0.458 e. The van der Waals surface area contributed by atoms with Crippen molar-refractivity contribution < 1.29 is 48.0 Å². The number of fused-ring (bicyclic) bond motifs is 1. The number of ether oxygens (including phenoxy) is 5. The van der Waals surface area contributed by atoms with Gasteiger partial charge in [0, 0.05) is 87.4 Å². The summed E-state index contributed by atoms with van der Waals surface area (Å²) in [4.78, 5) is 69.1. The number of nitrogens with zero attached hydrogens (tertiary/aromatic N) is 8. The number of hydrogen-bond donors (Lipinski definition) is 2. The number of pyridine rings is 1. The summed E-state index contributed by atoms with van der Waals surface area (Å²) >= 11 is 0. The van der Waals surface area contributed by atoms with E-state index < -0.39 is 83.3 Å². The number of aliphatic hydroxyl groups excluding tert-OH is 1. The molecule has 14 atom stereocenters. The van der Waals surface area contributed by atoms with E-state index in [1.807, 2.05) is 68.9 Å². The van der Waals surface area contributed by atoms with Gasteiger partial charge in [-0.15, -0.1) is 5.10 Å². The van der Waals surface area contributed by atoms with E-state index in [1.165, 1.54) is 14.0 Å². The van der Waals surface area contributed by atoms with Crippen molar-refractivity contribution in [3.05, 3.63) is 48.9 Å². The summed E-state index contributed by atoms with van der Waals surface area (Å²) in [5, 5.41) is 20.4. The number of carbonyl (C=O) groups is 4. The van der Waals surface area contributed by atoms with Crippen LogP contribution in [0.25, 0.3) is 11.3 Å². The maximum Gasteiger partial charge on any atom is 0.316 e. The zero-order chi connectivity index (χ0) is 48.8. The number of likely N-dealkylation sites (N-methyl/N-ethyl adjacent to an activating group) is 2. The number of nitrogens with two attached hydrogens (primary N) is 1. The minimum absolute atomic E-state index is 0.0877. The SMILES string of the molecule is CC[C@H]1OC(=O)[C@H](C)C(=O)[C@H](C)[C@@H](O[C@@H]2O[C@H](C)C[C@H](N(C)CCc3cn(CCN)nn3)[C@H]2O)[C@](C)(OC)C[C@@H](C)C(=O)[C@@H]2C(CCCn3cnc(-c4cccnc4)c3)N(C)[C@H]2[C@]1(C)OC=O. The average Bonchev–Trinajstić information content (AvgIpc) is 3.99. The van der Waals surface area contributed by atoms with Gasteiger partial charge in [0.05, 0.1) is 54.0 Å². The minimum atomic E-state index is -1.45. The van der Waals surface area contributed by atoms with Crippen LogP contribution in [0.1, 0.15) is 86.3 Å². The number of hydrogen-bond acceptors (Lipinski definition) is 17. The second-order valence-electron chi connectivity index (χ2n) is 19.4. The molecule has 3 aliphatic heterocycles. The fourth-order valence-electron chi connectivity index (χ4n) is 10.9. The van der Waals surface area contributed by atoms with Crippen LogP contribution in [0.2, 0.25) is 0 Å². The molecule has 0 bridgehead atoms. The maximum absolute atomic E-state index is 15.2. The highest BCUT2D eigenvalue weighted by atomic mass is 16.7. The molecule has 67 heavy (non-hydrogen) atoms. The average molecular weight is 936 g/mol. The monoisotopic (exact) mass is 936 g/mol. The quantitative estimate of drug-likeness (QED) is 0.113. The molecule has 370 valence electrons. The van der Waals surface area contributed by atoms with Crippen LogP contribution in [0.4, 0.5) is 0 Å². The van der Waals surface area contributed by atoms with E-state index in [-0.39, 0.29) is 30.8 Å². The Morgan fingerprint density at radius 2 is 1.87 bits per heavy atom. The standard InChI is InChI=1S/C48H73N9O10/c1-11-38-48(7,64-28-58)43-39(36(55(43)9)15-13-19-56-26-35(51-27-56)33-14-12-18-50-24-33)40(59)29(2)23-47(6,63-10)44(31(4)41(60)32(5)45(62)66-38)67-46-42(61)37(22-30(3)65-46)54(8)20-16-34-25-57(21-17-49)53-52-34/h12,14,18,24-32,36-39,42-44,46,61H,11,13,15-17,19-23,49H2,1-10H3/t29-,30-,31+,32-,36?,37+,38-,39+,42-,43-,44-,46+,47-,48-/m1/s1. The number of carbonyl (C=O) groups excluding carboxylic acids is 4. The van der Waals surface area contributed by atoms with Crippen molar-refractivity contribution in [3.8, 4) is 11.3 Å². The van der Waals surface area contributed by atoms with Crippen molar-refractivity contribution in [1.82, 2.24) is 39.3 Å². The third-order valence-electron chi connectivity index (χ3n) is 14.8. The van der Waals surface area contributed by atoms with Crippen molar-refractivity contribution >= 4 is 24.0 Å². The summed E-state index contributed by atoms with van der Waals surface area (Å²) in [7, 11) is 5.33. The fourth-order valence-corrected chi connectivity index (χ4v) is 10.9. The van der Waals surface area contributed by atoms with Gasteiger partial charge >= 0.3 is 5.97 Å². The number of aryl methyl sites for hydroxylation is 1. The van der Waals surface area contributed by atoms with Gasteiger partial charge in [-0.25, -0.2) is 4.98 Å². The first-order chi connectivity index (χ1) is 31.9. The van der Waals surface area contributed by atoms with Crippen LogP contribution in [0.15, 0.2) is 43.2 Å². The first-order valence-electron chi connectivity index (χ1n) is 23.8. The third kappa shape index (κ3) is 11.2. The smallest absolute Gasteiger partial charge is 0.316 e. The van der Waals surface area contributed by atoms with Crippen molar-refractivity contribution in [3.63, 3.8) is 0 Å². The van der Waals surface area contributed by atoms with Crippen LogP contribution < -0.4 is 5.73 Å². The van der Waals surface area contributed by atoms with E-state index in [2.05, 4.69) is 25.2 Å². The van der Waals surface area contributed by atoms with Crippen molar-refractivity contribution in [2.45, 2.75) is 160 Å². The van der Waals surface area contributed by atoms with Crippen molar-refractivity contribution in [2.75, 3.05) is 34.3 Å². The van der Waals surface area contributed by atoms with E-state index in [0.717, 1.165) is 17.0 Å². The molecule has 0 radical (unpaired) electrons. The summed E-state index contributed by atoms with van der Waals surface area (Å²) in [6.07, 6.45) is 7.10. The van der Waals surface area contributed by atoms with Gasteiger partial charge in [0.15, 0.2) is 17.7 Å². The fraction of sp³-hybridized carbons (Fsp3) is 0.708. The van der Waals surface area contributed by atoms with Gasteiger partial charge in [0.25, 0.3) is 6.47 Å². The lowest BCUT2D eigenvalue weighted by Crippen LogP contribution is -2.75. The second kappa shape index (κ2) is 22.3. The predicted octanol–water partition coefficient (Wildman–Crippen LogP) is 3.11. The van der Waals surface area contributed by atoms with Crippen LogP contribution in [-0.4, -0.2) is 163 Å². The molecule has 0 aliphatic carbocycles. The molecule has 3 aromatic rings. The molecule has 3 aromatic heterocycles. The number of imidazole rings is 1. The van der Waals surface area contributed by atoms with Gasteiger partial charge in [-0.3, -0.25) is 33.7 Å². The lowest BCUT2D eigenvalue weighted by atomic mass is 9.64. The Hall–Kier alpha value is -4.50. The van der Waals surface area contributed by atoms with Crippen LogP contribution in [0.5, 0.6) is 0 Å². The van der Waals surface area contributed by atoms with E-state index in [0.29, 0.717) is 58.3 Å².